The Bertz CT molecular complexity index is 787. The summed E-state index contributed by atoms with van der Waals surface area (Å²) in [5.74, 6) is 0.192. The molecule has 1 heterocycles. The fourth-order valence-electron chi connectivity index (χ4n) is 4.11. The number of hydrogen-bond acceptors (Lipinski definition) is 3. The van der Waals surface area contributed by atoms with Gasteiger partial charge < -0.3 is 10.2 Å². The van der Waals surface area contributed by atoms with Crippen LogP contribution in [0.25, 0.3) is 0 Å². The van der Waals surface area contributed by atoms with Crippen molar-refractivity contribution in [3.63, 3.8) is 0 Å². The molecule has 0 spiro atoms. The normalized spacial score (nSPS) is 14.7. The van der Waals surface area contributed by atoms with E-state index in [1.165, 1.54) is 5.56 Å². The van der Waals surface area contributed by atoms with Crippen LogP contribution in [0.3, 0.4) is 0 Å². The summed E-state index contributed by atoms with van der Waals surface area (Å²) in [5.41, 5.74) is 1.98. The van der Waals surface area contributed by atoms with Crippen LogP contribution < -0.4 is 5.32 Å². The van der Waals surface area contributed by atoms with Crippen LogP contribution in [0, 0.1) is 0 Å². The van der Waals surface area contributed by atoms with Crippen molar-refractivity contribution in [1.82, 2.24) is 15.1 Å². The van der Waals surface area contributed by atoms with Crippen molar-refractivity contribution in [2.45, 2.75) is 38.6 Å². The Morgan fingerprint density at radius 2 is 1.63 bits per heavy atom. The van der Waals surface area contributed by atoms with Crippen molar-refractivity contribution in [3.8, 4) is 0 Å². The van der Waals surface area contributed by atoms with E-state index >= 15 is 0 Å². The molecule has 0 atom stereocenters. The number of nitrogens with one attached hydrogen (secondary N) is 1. The number of benzene rings is 2. The van der Waals surface area contributed by atoms with Crippen LogP contribution in [-0.4, -0.2) is 60.4 Å². The summed E-state index contributed by atoms with van der Waals surface area (Å²) < 4.78 is 0. The number of likely N-dealkylation sites (tertiary alicyclic amines) is 1. The molecule has 2 amide bonds. The van der Waals surface area contributed by atoms with Gasteiger partial charge in [0.2, 0.25) is 5.91 Å². The van der Waals surface area contributed by atoms with E-state index < -0.39 is 0 Å². The molecular formula is C25H33N3O2. The van der Waals surface area contributed by atoms with Gasteiger partial charge >= 0.3 is 0 Å². The van der Waals surface area contributed by atoms with Gasteiger partial charge in [-0.3, -0.25) is 14.5 Å². The number of nitrogens with zero attached hydrogens (tertiary/aromatic N) is 2. The highest BCUT2D eigenvalue weighted by molar-refractivity contribution is 5.94. The smallest absolute Gasteiger partial charge is 0.253 e. The zero-order valence-corrected chi connectivity index (χ0v) is 17.9. The molecule has 1 aliphatic heterocycles. The van der Waals surface area contributed by atoms with Crippen molar-refractivity contribution >= 4 is 11.8 Å². The fraction of sp³-hybridized carbons (Fsp3) is 0.440. The second kappa shape index (κ2) is 11.5. The van der Waals surface area contributed by atoms with Gasteiger partial charge in [-0.1, -0.05) is 55.5 Å². The quantitative estimate of drug-likeness (QED) is 0.693. The van der Waals surface area contributed by atoms with Crippen LogP contribution in [-0.2, 0) is 11.2 Å². The SMILES string of the molecule is CCCN(CC(=O)NCCc1ccccc1)C1CCN(C(=O)c2ccccc2)CC1. The largest absolute Gasteiger partial charge is 0.355 e. The van der Waals surface area contributed by atoms with Crippen molar-refractivity contribution in [3.05, 3.63) is 71.8 Å². The third-order valence-corrected chi connectivity index (χ3v) is 5.73. The first kappa shape index (κ1) is 22.0. The van der Waals surface area contributed by atoms with Crippen LogP contribution in [0.5, 0.6) is 0 Å². The Morgan fingerprint density at radius 1 is 1.00 bits per heavy atom. The van der Waals surface area contributed by atoms with Gasteiger partial charge in [0.25, 0.3) is 5.91 Å². The molecule has 30 heavy (non-hydrogen) atoms. The van der Waals surface area contributed by atoms with E-state index in [0.29, 0.717) is 19.1 Å². The molecule has 3 rings (SSSR count). The predicted octanol–water partition coefficient (Wildman–Crippen LogP) is 3.36. The summed E-state index contributed by atoms with van der Waals surface area (Å²) >= 11 is 0. The second-order valence-electron chi connectivity index (χ2n) is 7.95. The third kappa shape index (κ3) is 6.42. The van der Waals surface area contributed by atoms with Gasteiger partial charge in [-0.2, -0.15) is 0 Å². The molecule has 5 nitrogen and oxygen atoms in total. The van der Waals surface area contributed by atoms with E-state index in [2.05, 4.69) is 29.3 Å². The Labute approximate surface area is 180 Å². The first-order chi connectivity index (χ1) is 14.7. The molecule has 0 saturated carbocycles. The molecule has 0 aliphatic carbocycles. The van der Waals surface area contributed by atoms with Crippen LogP contribution >= 0.6 is 0 Å². The van der Waals surface area contributed by atoms with E-state index in [9.17, 15) is 9.59 Å². The van der Waals surface area contributed by atoms with Crippen LogP contribution in [0.4, 0.5) is 0 Å². The zero-order chi connectivity index (χ0) is 21.2. The minimum Gasteiger partial charge on any atom is -0.355 e. The minimum atomic E-state index is 0.0853. The molecule has 5 heteroatoms. The second-order valence-corrected chi connectivity index (χ2v) is 7.95. The molecule has 0 radical (unpaired) electrons. The molecule has 160 valence electrons. The summed E-state index contributed by atoms with van der Waals surface area (Å²) in [5, 5.41) is 3.06. The Balaban J connectivity index is 1.45. The standard InChI is InChI=1S/C25H33N3O2/c1-2-17-28(20-24(29)26-16-13-21-9-5-3-6-10-21)23-14-18-27(19-15-23)25(30)22-11-7-4-8-12-22/h3-12,23H,2,13-20H2,1H3,(H,26,29). The number of hydrogen-bond donors (Lipinski definition) is 1. The highest BCUT2D eigenvalue weighted by Gasteiger charge is 2.28. The lowest BCUT2D eigenvalue weighted by Crippen LogP contribution is -2.49. The molecule has 1 saturated heterocycles. The first-order valence-corrected chi connectivity index (χ1v) is 11.1. The lowest BCUT2D eigenvalue weighted by atomic mass is 10.0. The summed E-state index contributed by atoms with van der Waals surface area (Å²) in [6.45, 7) is 5.63. The summed E-state index contributed by atoms with van der Waals surface area (Å²) in [7, 11) is 0. The molecule has 0 unspecified atom stereocenters. The maximum Gasteiger partial charge on any atom is 0.253 e. The Hall–Kier alpha value is -2.66. The summed E-state index contributed by atoms with van der Waals surface area (Å²) in [4.78, 5) is 29.4. The highest BCUT2D eigenvalue weighted by Crippen LogP contribution is 2.19. The minimum absolute atomic E-state index is 0.0853. The predicted molar refractivity (Wildman–Crippen MR) is 120 cm³/mol. The lowest BCUT2D eigenvalue weighted by Gasteiger charge is -2.38. The molecule has 0 aromatic heterocycles. The van der Waals surface area contributed by atoms with Gasteiger partial charge in [0.05, 0.1) is 6.54 Å². The van der Waals surface area contributed by atoms with Gasteiger partial charge in [0, 0.05) is 31.2 Å². The molecule has 0 bridgehead atoms. The Kier molecular flexibility index (Phi) is 8.45. The number of piperidine rings is 1. The van der Waals surface area contributed by atoms with Gasteiger partial charge in [0.1, 0.15) is 0 Å². The molecule has 2 aromatic rings. The Morgan fingerprint density at radius 3 is 2.27 bits per heavy atom. The van der Waals surface area contributed by atoms with Gasteiger partial charge in [0.15, 0.2) is 0 Å². The van der Waals surface area contributed by atoms with Crippen molar-refractivity contribution in [2.75, 3.05) is 32.7 Å². The van der Waals surface area contributed by atoms with E-state index in [-0.39, 0.29) is 11.8 Å². The van der Waals surface area contributed by atoms with Gasteiger partial charge in [-0.15, -0.1) is 0 Å². The molecule has 1 aliphatic rings. The van der Waals surface area contributed by atoms with Crippen molar-refractivity contribution in [2.24, 2.45) is 0 Å². The molecule has 2 aromatic carbocycles. The maximum atomic E-state index is 12.7. The van der Waals surface area contributed by atoms with E-state index in [1.807, 2.05) is 53.4 Å². The highest BCUT2D eigenvalue weighted by atomic mass is 16.2. The topological polar surface area (TPSA) is 52.7 Å². The monoisotopic (exact) mass is 407 g/mol. The van der Waals surface area contributed by atoms with Crippen LogP contribution in [0.2, 0.25) is 0 Å². The molecule has 1 N–H and O–H groups in total. The molecule has 1 fully saturated rings. The van der Waals surface area contributed by atoms with Crippen molar-refractivity contribution in [1.29, 1.82) is 0 Å². The number of amides is 2. The number of carbonyl (C=O) groups excluding carboxylic acids is 2. The van der Waals surface area contributed by atoms with Crippen LogP contribution in [0.1, 0.15) is 42.1 Å². The lowest BCUT2D eigenvalue weighted by molar-refractivity contribution is -0.123. The average Bonchev–Trinajstić information content (AvgIpc) is 2.80. The first-order valence-electron chi connectivity index (χ1n) is 11.1. The number of rotatable bonds is 9. The van der Waals surface area contributed by atoms with E-state index in [1.54, 1.807) is 0 Å². The van der Waals surface area contributed by atoms with Crippen molar-refractivity contribution < 1.29 is 9.59 Å². The van der Waals surface area contributed by atoms with Crippen LogP contribution in [0.15, 0.2) is 60.7 Å². The third-order valence-electron chi connectivity index (χ3n) is 5.73. The average molecular weight is 408 g/mol. The summed E-state index contributed by atoms with van der Waals surface area (Å²) in [6, 6.07) is 20.0. The zero-order valence-electron chi connectivity index (χ0n) is 17.9. The number of carbonyl (C=O) groups is 2. The van der Waals surface area contributed by atoms with E-state index in [4.69, 9.17) is 0 Å². The maximum absolute atomic E-state index is 12.7. The van der Waals surface area contributed by atoms with E-state index in [0.717, 1.165) is 50.9 Å². The van der Waals surface area contributed by atoms with Gasteiger partial charge in [-0.25, -0.2) is 0 Å². The fourth-order valence-corrected chi connectivity index (χ4v) is 4.11. The van der Waals surface area contributed by atoms with Gasteiger partial charge in [-0.05, 0) is 49.9 Å². The summed E-state index contributed by atoms with van der Waals surface area (Å²) in [6.07, 6.45) is 3.69. The molecular weight excluding hydrogens is 374 g/mol.